The van der Waals surface area contributed by atoms with Crippen LogP contribution < -0.4 is 0 Å². The molecule has 0 aromatic carbocycles. The summed E-state index contributed by atoms with van der Waals surface area (Å²) in [5, 5.41) is 24.5. The summed E-state index contributed by atoms with van der Waals surface area (Å²) < 4.78 is 0. The zero-order valence-corrected chi connectivity index (χ0v) is 17.0. The van der Waals surface area contributed by atoms with Crippen molar-refractivity contribution in [2.75, 3.05) is 0 Å². The summed E-state index contributed by atoms with van der Waals surface area (Å²) in [6, 6.07) is 0. The smallest absolute Gasteiger partial charge is 0.450 e. The zero-order chi connectivity index (χ0) is 20.9. The lowest BCUT2D eigenvalue weighted by atomic mass is 9.46. The maximum Gasteiger partial charge on any atom is 0.503 e. The van der Waals surface area contributed by atoms with Crippen LogP contribution in [0.2, 0.25) is 0 Å². The van der Waals surface area contributed by atoms with Gasteiger partial charge in [0, 0.05) is 12.3 Å². The number of fused-ring (bicyclic) bond motifs is 5. The van der Waals surface area contributed by atoms with E-state index < -0.39 is 12.3 Å². The second-order valence-electron chi connectivity index (χ2n) is 9.69. The van der Waals surface area contributed by atoms with Crippen molar-refractivity contribution in [3.8, 4) is 0 Å². The quantitative estimate of drug-likeness (QED) is 0.624. The fourth-order valence-electron chi connectivity index (χ4n) is 7.31. The number of hydrogen-bond donors (Lipinski definition) is 3. The van der Waals surface area contributed by atoms with Crippen molar-refractivity contribution < 1.29 is 29.7 Å². The maximum absolute atomic E-state index is 12.2. The predicted octanol–water partition coefficient (Wildman–Crippen LogP) is 3.92. The minimum atomic E-state index is -1.83. The van der Waals surface area contributed by atoms with E-state index in [2.05, 4.69) is 13.8 Å². The van der Waals surface area contributed by atoms with E-state index >= 15 is 0 Å². The van der Waals surface area contributed by atoms with E-state index in [0.717, 1.165) is 38.5 Å². The average molecular weight is 392 g/mol. The molecule has 4 aliphatic carbocycles. The maximum atomic E-state index is 12.2. The monoisotopic (exact) mass is 392 g/mol. The first-order valence-corrected chi connectivity index (χ1v) is 10.3. The molecule has 7 atom stereocenters. The number of allylic oxidation sites excluding steroid dienone is 1. The molecule has 0 spiro atoms. The largest absolute Gasteiger partial charge is 0.503 e. The number of hydrogen-bond acceptors (Lipinski definition) is 4. The molecule has 4 rings (SSSR count). The fraction of sp³-hybridized carbons (Fsp3) is 0.773. The Morgan fingerprint density at radius 2 is 1.71 bits per heavy atom. The molecule has 4 aliphatic rings. The third kappa shape index (κ3) is 3.30. The Kier molecular flexibility index (Phi) is 5.47. The van der Waals surface area contributed by atoms with Crippen LogP contribution in [0.5, 0.6) is 0 Å². The molecule has 156 valence electrons. The second kappa shape index (κ2) is 7.29. The standard InChI is InChI=1S/C21H30O3.CH2O3/c1-12(22)19-18(24)11-17-15-5-4-13-10-14(23)6-8-20(13,2)16(15)7-9-21(17,19)3;2-1(3)4/h10,15-19,24H,4-9,11H2,1-3H3;(H2,2,3,4)/t15-,16+,17+,18?,19+,20+,21+;/m1./s1. The number of carbonyl (C=O) groups is 3. The van der Waals surface area contributed by atoms with Gasteiger partial charge in [-0.15, -0.1) is 0 Å². The van der Waals surface area contributed by atoms with Crippen molar-refractivity contribution in [2.24, 2.45) is 34.5 Å². The Bertz CT molecular complexity index is 708. The van der Waals surface area contributed by atoms with Crippen molar-refractivity contribution >= 4 is 17.7 Å². The van der Waals surface area contributed by atoms with E-state index in [1.165, 1.54) is 5.57 Å². The number of Topliss-reactive ketones (excluding diaryl/α,β-unsaturated/α-hetero) is 1. The highest BCUT2D eigenvalue weighted by Crippen LogP contribution is 2.66. The molecule has 3 saturated carbocycles. The van der Waals surface area contributed by atoms with E-state index in [4.69, 9.17) is 15.0 Å². The van der Waals surface area contributed by atoms with E-state index in [1.54, 1.807) is 6.92 Å². The van der Waals surface area contributed by atoms with Gasteiger partial charge in [-0.05, 0) is 80.1 Å². The van der Waals surface area contributed by atoms with Crippen LogP contribution in [0.1, 0.15) is 65.7 Å². The first kappa shape index (κ1) is 21.0. The molecule has 6 nitrogen and oxygen atoms in total. The van der Waals surface area contributed by atoms with Crippen LogP contribution in [0, 0.1) is 34.5 Å². The highest BCUT2D eigenvalue weighted by molar-refractivity contribution is 5.91. The van der Waals surface area contributed by atoms with Crippen LogP contribution in [-0.2, 0) is 9.59 Å². The van der Waals surface area contributed by atoms with Gasteiger partial charge in [-0.1, -0.05) is 19.4 Å². The number of aliphatic hydroxyl groups is 1. The molecule has 1 unspecified atom stereocenters. The lowest BCUT2D eigenvalue weighted by Gasteiger charge is -2.57. The van der Waals surface area contributed by atoms with Crippen molar-refractivity contribution in [3.63, 3.8) is 0 Å². The van der Waals surface area contributed by atoms with E-state index in [9.17, 15) is 14.7 Å². The van der Waals surface area contributed by atoms with Gasteiger partial charge in [-0.25, -0.2) is 4.79 Å². The van der Waals surface area contributed by atoms with Gasteiger partial charge in [0.2, 0.25) is 0 Å². The molecule has 6 heteroatoms. The van der Waals surface area contributed by atoms with Gasteiger partial charge in [-0.3, -0.25) is 9.59 Å². The first-order chi connectivity index (χ1) is 13.0. The molecule has 0 radical (unpaired) electrons. The number of ketones is 2. The molecule has 0 heterocycles. The van der Waals surface area contributed by atoms with Crippen molar-refractivity contribution in [2.45, 2.75) is 71.8 Å². The van der Waals surface area contributed by atoms with Crippen LogP contribution in [-0.4, -0.2) is 39.1 Å². The lowest BCUT2D eigenvalue weighted by molar-refractivity contribution is -0.131. The van der Waals surface area contributed by atoms with E-state index in [0.29, 0.717) is 30.0 Å². The normalized spacial score (nSPS) is 44.2. The number of aliphatic hydroxyl groups excluding tert-OH is 1. The van der Waals surface area contributed by atoms with E-state index in [-0.39, 0.29) is 22.5 Å². The van der Waals surface area contributed by atoms with Gasteiger partial charge < -0.3 is 15.3 Å². The van der Waals surface area contributed by atoms with Crippen LogP contribution in [0.3, 0.4) is 0 Å². The van der Waals surface area contributed by atoms with Crippen molar-refractivity contribution in [3.05, 3.63) is 11.6 Å². The van der Waals surface area contributed by atoms with Crippen LogP contribution in [0.25, 0.3) is 0 Å². The van der Waals surface area contributed by atoms with Gasteiger partial charge in [-0.2, -0.15) is 0 Å². The molecule has 0 amide bonds. The predicted molar refractivity (Wildman–Crippen MR) is 103 cm³/mol. The molecular formula is C22H32O6. The summed E-state index contributed by atoms with van der Waals surface area (Å²) in [6.07, 6.45) is 6.42. The second-order valence-corrected chi connectivity index (χ2v) is 9.69. The molecular weight excluding hydrogens is 360 g/mol. The summed E-state index contributed by atoms with van der Waals surface area (Å²) >= 11 is 0. The lowest BCUT2D eigenvalue weighted by Crippen LogP contribution is -2.51. The molecule has 28 heavy (non-hydrogen) atoms. The number of rotatable bonds is 1. The summed E-state index contributed by atoms with van der Waals surface area (Å²) in [6.45, 7) is 6.29. The molecule has 3 N–H and O–H groups in total. The summed E-state index contributed by atoms with van der Waals surface area (Å²) in [4.78, 5) is 32.6. The van der Waals surface area contributed by atoms with Crippen LogP contribution >= 0.6 is 0 Å². The highest BCUT2D eigenvalue weighted by atomic mass is 16.6. The molecule has 0 aliphatic heterocycles. The summed E-state index contributed by atoms with van der Waals surface area (Å²) in [5.74, 6) is 1.95. The fourth-order valence-corrected chi connectivity index (χ4v) is 7.31. The molecule has 0 saturated heterocycles. The first-order valence-electron chi connectivity index (χ1n) is 10.3. The third-order valence-electron chi connectivity index (χ3n) is 8.43. The minimum absolute atomic E-state index is 0.0333. The minimum Gasteiger partial charge on any atom is -0.450 e. The van der Waals surface area contributed by atoms with Crippen molar-refractivity contribution in [1.29, 1.82) is 0 Å². The number of carbonyl (C=O) groups excluding carboxylic acids is 2. The Morgan fingerprint density at radius 3 is 2.32 bits per heavy atom. The molecule has 3 fully saturated rings. The Hall–Kier alpha value is -1.69. The van der Waals surface area contributed by atoms with Gasteiger partial charge in [0.15, 0.2) is 5.78 Å². The topological polar surface area (TPSA) is 112 Å². The van der Waals surface area contributed by atoms with Gasteiger partial charge in [0.1, 0.15) is 5.78 Å². The molecule has 0 aromatic rings. The molecule has 0 aromatic heterocycles. The number of carboxylic acid groups (broad SMARTS) is 2. The van der Waals surface area contributed by atoms with Gasteiger partial charge in [0.05, 0.1) is 6.10 Å². The highest BCUT2D eigenvalue weighted by Gasteiger charge is 2.62. The Morgan fingerprint density at radius 1 is 1.07 bits per heavy atom. The van der Waals surface area contributed by atoms with Crippen LogP contribution in [0.4, 0.5) is 4.79 Å². The Labute approximate surface area is 166 Å². The van der Waals surface area contributed by atoms with Gasteiger partial charge in [0.25, 0.3) is 0 Å². The SMILES string of the molecule is CC(=O)[C@H]1C(O)C[C@H]2[C@@H]3CCC4=CC(=O)CC[C@]4(C)[C@H]3CC[C@]12C.O=C(O)O. The zero-order valence-electron chi connectivity index (χ0n) is 17.0. The van der Waals surface area contributed by atoms with Crippen molar-refractivity contribution in [1.82, 2.24) is 0 Å². The molecule has 0 bridgehead atoms. The summed E-state index contributed by atoms with van der Waals surface area (Å²) in [7, 11) is 0. The van der Waals surface area contributed by atoms with E-state index in [1.807, 2.05) is 6.08 Å². The third-order valence-corrected chi connectivity index (χ3v) is 8.43. The Balaban J connectivity index is 0.000000516. The summed E-state index contributed by atoms with van der Waals surface area (Å²) in [5.41, 5.74) is 1.51. The van der Waals surface area contributed by atoms with Crippen LogP contribution in [0.15, 0.2) is 11.6 Å². The van der Waals surface area contributed by atoms with Gasteiger partial charge >= 0.3 is 6.16 Å². The average Bonchev–Trinajstić information content (AvgIpc) is 2.85.